The van der Waals surface area contributed by atoms with Gasteiger partial charge in [0.25, 0.3) is 0 Å². The molecule has 10 heavy (non-hydrogen) atoms. The monoisotopic (exact) mass is 160 g/mol. The van der Waals surface area contributed by atoms with Crippen molar-refractivity contribution in [1.29, 1.82) is 0 Å². The van der Waals surface area contributed by atoms with Gasteiger partial charge < -0.3 is 0 Å². The Bertz CT molecular complexity index is 101. The molecule has 0 aliphatic rings. The van der Waals surface area contributed by atoms with Crippen molar-refractivity contribution in [2.75, 3.05) is 5.75 Å². The molecule has 60 valence electrons. The summed E-state index contributed by atoms with van der Waals surface area (Å²) in [6.45, 7) is 6.00. The molecule has 0 saturated heterocycles. The fourth-order valence-electron chi connectivity index (χ4n) is 0.836. The Balaban J connectivity index is 3.21. The molecule has 0 aromatic rings. The second-order valence-electron chi connectivity index (χ2n) is 2.70. The van der Waals surface area contributed by atoms with Crippen molar-refractivity contribution < 1.29 is 4.79 Å². The van der Waals surface area contributed by atoms with E-state index in [0.717, 1.165) is 5.75 Å². The lowest BCUT2D eigenvalue weighted by Gasteiger charge is -2.06. The Hall–Kier alpha value is 0.0200. The van der Waals surface area contributed by atoms with Crippen molar-refractivity contribution in [1.82, 2.24) is 0 Å². The van der Waals surface area contributed by atoms with Gasteiger partial charge >= 0.3 is 0 Å². The standard InChI is InChI=1S/C8H16OS/c1-4-5-7(2)6-10-8(3)9/h7H,4-6H2,1-3H3. The van der Waals surface area contributed by atoms with Crippen LogP contribution < -0.4 is 0 Å². The number of carbonyl (C=O) groups excluding carboxylic acids is 1. The highest BCUT2D eigenvalue weighted by Crippen LogP contribution is 2.13. The van der Waals surface area contributed by atoms with E-state index < -0.39 is 0 Å². The van der Waals surface area contributed by atoms with Crippen LogP contribution in [0.1, 0.15) is 33.6 Å². The van der Waals surface area contributed by atoms with Gasteiger partial charge in [-0.25, -0.2) is 0 Å². The van der Waals surface area contributed by atoms with E-state index in [-0.39, 0.29) is 5.12 Å². The highest BCUT2D eigenvalue weighted by atomic mass is 32.2. The minimum atomic E-state index is 0.239. The van der Waals surface area contributed by atoms with Crippen molar-refractivity contribution in [2.24, 2.45) is 5.92 Å². The first kappa shape index (κ1) is 10.0. The molecule has 0 amide bonds. The van der Waals surface area contributed by atoms with Crippen LogP contribution in [-0.2, 0) is 4.79 Å². The molecule has 2 heteroatoms. The normalized spacial score (nSPS) is 13.1. The third-order valence-electron chi connectivity index (χ3n) is 1.35. The predicted octanol–water partition coefficient (Wildman–Crippen LogP) is 2.70. The summed E-state index contributed by atoms with van der Waals surface area (Å²) in [7, 11) is 0. The number of rotatable bonds is 4. The van der Waals surface area contributed by atoms with Crippen LogP contribution in [0.4, 0.5) is 0 Å². The average molecular weight is 160 g/mol. The quantitative estimate of drug-likeness (QED) is 0.629. The first-order valence-corrected chi connectivity index (χ1v) is 4.78. The van der Waals surface area contributed by atoms with E-state index in [1.807, 2.05) is 0 Å². The summed E-state index contributed by atoms with van der Waals surface area (Å²) in [5, 5.41) is 0.239. The maximum Gasteiger partial charge on any atom is 0.185 e. The molecular weight excluding hydrogens is 144 g/mol. The molecule has 1 nitrogen and oxygen atoms in total. The van der Waals surface area contributed by atoms with Crippen molar-refractivity contribution in [2.45, 2.75) is 33.6 Å². The maximum absolute atomic E-state index is 10.5. The van der Waals surface area contributed by atoms with Gasteiger partial charge in [-0.2, -0.15) is 0 Å². The summed E-state index contributed by atoms with van der Waals surface area (Å²) >= 11 is 1.44. The number of carbonyl (C=O) groups is 1. The first-order chi connectivity index (χ1) is 4.66. The summed E-state index contributed by atoms with van der Waals surface area (Å²) in [5.74, 6) is 1.68. The second-order valence-corrected chi connectivity index (χ2v) is 3.89. The van der Waals surface area contributed by atoms with Gasteiger partial charge in [0.05, 0.1) is 0 Å². The number of thioether (sulfide) groups is 1. The van der Waals surface area contributed by atoms with Crippen LogP contribution in [0.15, 0.2) is 0 Å². The SMILES string of the molecule is CCCC(C)CSC(C)=O. The molecule has 0 heterocycles. The lowest BCUT2D eigenvalue weighted by molar-refractivity contribution is -0.109. The fraction of sp³-hybridized carbons (Fsp3) is 0.875. The molecule has 0 saturated carbocycles. The van der Waals surface area contributed by atoms with Gasteiger partial charge in [0, 0.05) is 12.7 Å². The van der Waals surface area contributed by atoms with Crippen molar-refractivity contribution in [3.63, 3.8) is 0 Å². The van der Waals surface area contributed by atoms with Gasteiger partial charge in [-0.05, 0) is 5.92 Å². The number of hydrogen-bond donors (Lipinski definition) is 0. The van der Waals surface area contributed by atoms with E-state index in [9.17, 15) is 4.79 Å². The van der Waals surface area contributed by atoms with E-state index in [1.54, 1.807) is 6.92 Å². The first-order valence-electron chi connectivity index (χ1n) is 3.80. The topological polar surface area (TPSA) is 17.1 Å². The van der Waals surface area contributed by atoms with Gasteiger partial charge in [-0.15, -0.1) is 0 Å². The summed E-state index contributed by atoms with van der Waals surface area (Å²) in [5.41, 5.74) is 0. The van der Waals surface area contributed by atoms with Gasteiger partial charge in [0.2, 0.25) is 0 Å². The molecule has 0 aromatic carbocycles. The fourth-order valence-corrected chi connectivity index (χ4v) is 1.52. The van der Waals surface area contributed by atoms with E-state index in [4.69, 9.17) is 0 Å². The predicted molar refractivity (Wildman–Crippen MR) is 47.2 cm³/mol. The van der Waals surface area contributed by atoms with E-state index in [2.05, 4.69) is 13.8 Å². The summed E-state index contributed by atoms with van der Waals surface area (Å²) in [6.07, 6.45) is 2.46. The van der Waals surface area contributed by atoms with Crippen LogP contribution in [0, 0.1) is 5.92 Å². The summed E-state index contributed by atoms with van der Waals surface area (Å²) in [4.78, 5) is 10.5. The molecule has 0 fully saturated rings. The highest BCUT2D eigenvalue weighted by Gasteiger charge is 2.01. The van der Waals surface area contributed by atoms with Crippen LogP contribution >= 0.6 is 11.8 Å². The molecule has 0 rings (SSSR count). The van der Waals surface area contributed by atoms with E-state index in [1.165, 1.54) is 24.6 Å². The zero-order valence-corrected chi connectivity index (χ0v) is 7.83. The molecule has 0 bridgehead atoms. The Morgan fingerprint density at radius 2 is 2.20 bits per heavy atom. The van der Waals surface area contributed by atoms with Crippen molar-refractivity contribution in [3.8, 4) is 0 Å². The van der Waals surface area contributed by atoms with E-state index in [0.29, 0.717) is 5.92 Å². The lowest BCUT2D eigenvalue weighted by Crippen LogP contribution is -1.99. The van der Waals surface area contributed by atoms with Crippen molar-refractivity contribution in [3.05, 3.63) is 0 Å². The Labute approximate surface area is 67.6 Å². The lowest BCUT2D eigenvalue weighted by atomic mass is 10.1. The highest BCUT2D eigenvalue weighted by molar-refractivity contribution is 8.13. The summed E-state index contributed by atoms with van der Waals surface area (Å²) in [6, 6.07) is 0. The van der Waals surface area contributed by atoms with Gasteiger partial charge in [-0.3, -0.25) is 4.79 Å². The minimum absolute atomic E-state index is 0.239. The van der Waals surface area contributed by atoms with Gasteiger partial charge in [0.1, 0.15) is 0 Å². The molecular formula is C8H16OS. The number of hydrogen-bond acceptors (Lipinski definition) is 2. The largest absolute Gasteiger partial charge is 0.288 e. The average Bonchev–Trinajstić information content (AvgIpc) is 1.85. The smallest absolute Gasteiger partial charge is 0.185 e. The molecule has 0 radical (unpaired) electrons. The Morgan fingerprint density at radius 3 is 2.60 bits per heavy atom. The van der Waals surface area contributed by atoms with Crippen LogP contribution in [-0.4, -0.2) is 10.9 Å². The third-order valence-corrected chi connectivity index (χ3v) is 2.49. The minimum Gasteiger partial charge on any atom is -0.288 e. The second kappa shape index (κ2) is 5.78. The molecule has 0 aliphatic heterocycles. The van der Waals surface area contributed by atoms with Crippen LogP contribution in [0.25, 0.3) is 0 Å². The zero-order chi connectivity index (χ0) is 7.98. The van der Waals surface area contributed by atoms with Crippen LogP contribution in [0.3, 0.4) is 0 Å². The Kier molecular flexibility index (Phi) is 5.79. The molecule has 1 atom stereocenters. The van der Waals surface area contributed by atoms with Crippen molar-refractivity contribution >= 4 is 16.9 Å². The van der Waals surface area contributed by atoms with E-state index >= 15 is 0 Å². The summed E-state index contributed by atoms with van der Waals surface area (Å²) < 4.78 is 0. The molecule has 0 aromatic heterocycles. The molecule has 0 aliphatic carbocycles. The van der Waals surface area contributed by atoms with Gasteiger partial charge in [0.15, 0.2) is 5.12 Å². The molecule has 0 spiro atoms. The van der Waals surface area contributed by atoms with Crippen LogP contribution in [0.5, 0.6) is 0 Å². The molecule has 1 unspecified atom stereocenters. The van der Waals surface area contributed by atoms with Crippen LogP contribution in [0.2, 0.25) is 0 Å². The Morgan fingerprint density at radius 1 is 1.60 bits per heavy atom. The van der Waals surface area contributed by atoms with Gasteiger partial charge in [-0.1, -0.05) is 38.5 Å². The third kappa shape index (κ3) is 6.14. The zero-order valence-electron chi connectivity index (χ0n) is 7.02. The molecule has 0 N–H and O–H groups in total. The maximum atomic E-state index is 10.5.